The molecule has 0 aromatic heterocycles. The van der Waals surface area contributed by atoms with Gasteiger partial charge in [0, 0.05) is 19.2 Å². The molecular weight excluding hydrogens is 296 g/mol. The van der Waals surface area contributed by atoms with Gasteiger partial charge in [-0.05, 0) is 31.2 Å². The maximum absolute atomic E-state index is 12.2. The van der Waals surface area contributed by atoms with Crippen LogP contribution in [0.1, 0.15) is 25.3 Å². The molecule has 2 N–H and O–H groups in total. The summed E-state index contributed by atoms with van der Waals surface area (Å²) in [6.07, 6.45) is 1.23. The van der Waals surface area contributed by atoms with Crippen molar-refractivity contribution in [1.82, 2.24) is 4.72 Å². The number of benzene rings is 1. The molecule has 21 heavy (non-hydrogen) atoms. The third-order valence-corrected chi connectivity index (χ3v) is 4.79. The van der Waals surface area contributed by atoms with Crippen LogP contribution in [0.3, 0.4) is 0 Å². The molecule has 0 saturated carbocycles. The highest BCUT2D eigenvalue weighted by Crippen LogP contribution is 2.26. The Morgan fingerprint density at radius 3 is 2.67 bits per heavy atom. The van der Waals surface area contributed by atoms with Crippen LogP contribution in [-0.4, -0.2) is 31.6 Å². The molecule has 0 spiro atoms. The number of sulfonamides is 1. The predicted octanol–water partition coefficient (Wildman–Crippen LogP) is 1.59. The van der Waals surface area contributed by atoms with E-state index in [9.17, 15) is 18.5 Å². The summed E-state index contributed by atoms with van der Waals surface area (Å²) >= 11 is 0. The van der Waals surface area contributed by atoms with Crippen molar-refractivity contribution in [2.24, 2.45) is 5.92 Å². The van der Waals surface area contributed by atoms with Crippen LogP contribution in [-0.2, 0) is 10.0 Å². The first-order valence-electron chi connectivity index (χ1n) is 6.64. The average molecular weight is 316 g/mol. The quantitative estimate of drug-likeness (QED) is 0.430. The number of nitro groups is 1. The van der Waals surface area contributed by atoms with Gasteiger partial charge in [-0.2, -0.15) is 0 Å². The Morgan fingerprint density at radius 1 is 1.43 bits per heavy atom. The number of nitrogens with one attached hydrogen (secondary N) is 1. The highest BCUT2D eigenvalue weighted by molar-refractivity contribution is 7.89. The van der Waals surface area contributed by atoms with Crippen LogP contribution in [0.2, 0.25) is 0 Å². The number of aliphatic hydroxyl groups is 1. The fourth-order valence-corrected chi connectivity index (χ4v) is 3.42. The van der Waals surface area contributed by atoms with E-state index in [0.717, 1.165) is 0 Å². The van der Waals surface area contributed by atoms with E-state index in [2.05, 4.69) is 4.72 Å². The molecule has 0 saturated heterocycles. The average Bonchev–Trinajstić information content (AvgIpc) is 2.42. The monoisotopic (exact) mass is 316 g/mol. The minimum atomic E-state index is -3.93. The largest absolute Gasteiger partial charge is 0.396 e. The van der Waals surface area contributed by atoms with Crippen LogP contribution in [0, 0.1) is 23.0 Å². The van der Waals surface area contributed by atoms with E-state index in [4.69, 9.17) is 5.11 Å². The van der Waals surface area contributed by atoms with E-state index >= 15 is 0 Å². The van der Waals surface area contributed by atoms with Crippen molar-refractivity contribution in [3.8, 4) is 0 Å². The van der Waals surface area contributed by atoms with Gasteiger partial charge in [-0.25, -0.2) is 13.1 Å². The van der Waals surface area contributed by atoms with Gasteiger partial charge in [0.1, 0.15) is 0 Å². The topological polar surface area (TPSA) is 110 Å². The molecule has 7 nitrogen and oxygen atoms in total. The molecule has 0 radical (unpaired) electrons. The third-order valence-electron chi connectivity index (χ3n) is 3.13. The molecular formula is C13H20N2O5S. The maximum Gasteiger partial charge on any atom is 0.289 e. The molecule has 0 aliphatic rings. The first kappa shape index (κ1) is 17.5. The van der Waals surface area contributed by atoms with Crippen LogP contribution in [0.5, 0.6) is 0 Å². The van der Waals surface area contributed by atoms with E-state index in [0.29, 0.717) is 18.4 Å². The van der Waals surface area contributed by atoms with Crippen molar-refractivity contribution in [2.45, 2.75) is 31.6 Å². The summed E-state index contributed by atoms with van der Waals surface area (Å²) in [5.41, 5.74) is -0.0911. The van der Waals surface area contributed by atoms with Gasteiger partial charge in [0.2, 0.25) is 10.0 Å². The Bertz CT molecular complexity index is 601. The summed E-state index contributed by atoms with van der Waals surface area (Å²) in [7, 11) is -3.93. The lowest BCUT2D eigenvalue weighted by Gasteiger charge is -2.11. The molecule has 1 aromatic carbocycles. The summed E-state index contributed by atoms with van der Waals surface area (Å²) in [6.45, 7) is 3.62. The van der Waals surface area contributed by atoms with Crippen molar-refractivity contribution in [2.75, 3.05) is 13.2 Å². The third kappa shape index (κ3) is 4.76. The lowest BCUT2D eigenvalue weighted by Crippen LogP contribution is -2.26. The molecule has 1 unspecified atom stereocenters. The van der Waals surface area contributed by atoms with Gasteiger partial charge in [0.15, 0.2) is 4.90 Å². The lowest BCUT2D eigenvalue weighted by molar-refractivity contribution is -0.387. The normalized spacial score (nSPS) is 13.1. The zero-order valence-electron chi connectivity index (χ0n) is 12.1. The van der Waals surface area contributed by atoms with Crippen LogP contribution in [0.15, 0.2) is 23.1 Å². The van der Waals surface area contributed by atoms with Gasteiger partial charge in [0.05, 0.1) is 4.92 Å². The number of hydrogen-bond acceptors (Lipinski definition) is 5. The molecule has 0 heterocycles. The Kier molecular flexibility index (Phi) is 6.25. The summed E-state index contributed by atoms with van der Waals surface area (Å²) in [4.78, 5) is 9.98. The number of nitrogens with zero attached hydrogens (tertiary/aromatic N) is 1. The van der Waals surface area contributed by atoms with Gasteiger partial charge in [0.25, 0.3) is 5.69 Å². The van der Waals surface area contributed by atoms with Crippen molar-refractivity contribution in [3.63, 3.8) is 0 Å². The fourth-order valence-electron chi connectivity index (χ4n) is 1.95. The minimum absolute atomic E-state index is 0.0516. The van der Waals surface area contributed by atoms with Gasteiger partial charge in [-0.3, -0.25) is 10.1 Å². The summed E-state index contributed by atoms with van der Waals surface area (Å²) in [6, 6.07) is 4.15. The summed E-state index contributed by atoms with van der Waals surface area (Å²) in [5, 5.41) is 19.9. The highest BCUT2D eigenvalue weighted by atomic mass is 32.2. The van der Waals surface area contributed by atoms with Crippen molar-refractivity contribution >= 4 is 15.7 Å². The zero-order valence-corrected chi connectivity index (χ0v) is 12.9. The Hall–Kier alpha value is -1.51. The molecule has 0 bridgehead atoms. The smallest absolute Gasteiger partial charge is 0.289 e. The van der Waals surface area contributed by atoms with Crippen LogP contribution < -0.4 is 4.72 Å². The van der Waals surface area contributed by atoms with Crippen LogP contribution in [0.25, 0.3) is 0 Å². The summed E-state index contributed by atoms with van der Waals surface area (Å²) in [5.74, 6) is 0.0994. The predicted molar refractivity (Wildman–Crippen MR) is 78.5 cm³/mol. The van der Waals surface area contributed by atoms with Crippen LogP contribution >= 0.6 is 0 Å². The Morgan fingerprint density at radius 2 is 2.10 bits per heavy atom. The fraction of sp³-hybridized carbons (Fsp3) is 0.538. The molecule has 1 aromatic rings. The second-order valence-electron chi connectivity index (χ2n) is 5.01. The second kappa shape index (κ2) is 7.48. The standard InChI is InChI=1S/C13H20N2O5S/c1-10(9-16)5-4-8-14-21(19,20)13-11(2)6-3-7-12(13)15(17)18/h3,6-7,10,14,16H,4-5,8-9H2,1-2H3. The number of aliphatic hydroxyl groups excluding tert-OH is 1. The number of rotatable bonds is 8. The van der Waals surface area contributed by atoms with E-state index in [1.165, 1.54) is 25.1 Å². The first-order valence-corrected chi connectivity index (χ1v) is 8.12. The number of nitro benzene ring substituents is 1. The summed E-state index contributed by atoms with van der Waals surface area (Å²) < 4.78 is 26.8. The minimum Gasteiger partial charge on any atom is -0.396 e. The van der Waals surface area contributed by atoms with E-state index < -0.39 is 20.6 Å². The van der Waals surface area contributed by atoms with E-state index in [1.54, 1.807) is 0 Å². The molecule has 0 fully saturated rings. The maximum atomic E-state index is 12.2. The van der Waals surface area contributed by atoms with Crippen LogP contribution in [0.4, 0.5) is 5.69 Å². The molecule has 0 aliphatic heterocycles. The van der Waals surface area contributed by atoms with Gasteiger partial charge < -0.3 is 5.11 Å². The Labute approximate surface area is 124 Å². The Balaban J connectivity index is 2.86. The van der Waals surface area contributed by atoms with Gasteiger partial charge >= 0.3 is 0 Å². The molecule has 118 valence electrons. The van der Waals surface area contributed by atoms with Gasteiger partial charge in [-0.1, -0.05) is 19.1 Å². The number of aryl methyl sites for hydroxylation is 1. The van der Waals surface area contributed by atoms with Crippen molar-refractivity contribution in [3.05, 3.63) is 33.9 Å². The second-order valence-corrected chi connectivity index (χ2v) is 6.71. The first-order chi connectivity index (χ1) is 9.79. The highest BCUT2D eigenvalue weighted by Gasteiger charge is 2.27. The lowest BCUT2D eigenvalue weighted by atomic mass is 10.1. The van der Waals surface area contributed by atoms with Crippen molar-refractivity contribution < 1.29 is 18.4 Å². The van der Waals surface area contributed by atoms with E-state index in [-0.39, 0.29) is 24.0 Å². The number of hydrogen-bond donors (Lipinski definition) is 2. The molecule has 1 rings (SSSR count). The molecule has 0 amide bonds. The van der Waals surface area contributed by atoms with Crippen molar-refractivity contribution in [1.29, 1.82) is 0 Å². The molecule has 0 aliphatic carbocycles. The molecule has 1 atom stereocenters. The molecule has 8 heteroatoms. The SMILES string of the molecule is Cc1cccc([N+](=O)[O-])c1S(=O)(=O)NCCCC(C)CO. The zero-order chi connectivity index (χ0) is 16.0. The van der Waals surface area contributed by atoms with Gasteiger partial charge in [-0.15, -0.1) is 0 Å². The van der Waals surface area contributed by atoms with E-state index in [1.807, 2.05) is 6.92 Å².